The second-order valence-corrected chi connectivity index (χ2v) is 5.48. The smallest absolute Gasteiger partial charge is 0.190 e. The first-order chi connectivity index (χ1) is 7.04. The summed E-state index contributed by atoms with van der Waals surface area (Å²) < 4.78 is 6.27. The van der Waals surface area contributed by atoms with Crippen LogP contribution in [0, 0.1) is 0 Å². The third-order valence-electron chi connectivity index (χ3n) is 2.03. The number of carbonyl (C=O) groups is 1. The van der Waals surface area contributed by atoms with Crippen LogP contribution in [0.3, 0.4) is 0 Å². The van der Waals surface area contributed by atoms with E-state index in [1.54, 1.807) is 6.07 Å². The molecule has 1 aromatic heterocycles. The second kappa shape index (κ2) is 5.85. The van der Waals surface area contributed by atoms with Crippen molar-refractivity contribution in [1.29, 1.82) is 0 Å². The monoisotopic (exact) mass is 266 g/mol. The van der Waals surface area contributed by atoms with Gasteiger partial charge in [-0.25, -0.2) is 0 Å². The Bertz CT molecular complexity index is 349. The summed E-state index contributed by atoms with van der Waals surface area (Å²) in [7, 11) is 0. The van der Waals surface area contributed by atoms with E-state index < -0.39 is 0 Å². The number of carbonyl (C=O) groups excluding carboxylic acids is 1. The van der Waals surface area contributed by atoms with Crippen LogP contribution in [0.4, 0.5) is 0 Å². The van der Waals surface area contributed by atoms with E-state index in [9.17, 15) is 4.79 Å². The number of ether oxygens (including phenoxy) is 1. The minimum absolute atomic E-state index is 0.0573. The van der Waals surface area contributed by atoms with Gasteiger partial charge >= 0.3 is 0 Å². The fourth-order valence-corrected chi connectivity index (χ4v) is 2.44. The lowest BCUT2D eigenvalue weighted by Gasteiger charge is -2.08. The standard InChI is InChI=1S/C10H12Cl2O2S/c1-3-6(2)14-5-8(13)7-4-9(11)15-10(7)12/h4,6H,3,5H2,1-2H3. The maximum absolute atomic E-state index is 11.6. The Balaban J connectivity index is 2.58. The molecule has 0 saturated heterocycles. The van der Waals surface area contributed by atoms with E-state index in [1.807, 2.05) is 13.8 Å². The van der Waals surface area contributed by atoms with Crippen molar-refractivity contribution in [3.63, 3.8) is 0 Å². The van der Waals surface area contributed by atoms with Crippen molar-refractivity contribution in [3.8, 4) is 0 Å². The van der Waals surface area contributed by atoms with Crippen LogP contribution in [0.5, 0.6) is 0 Å². The molecule has 0 fully saturated rings. The molecule has 0 radical (unpaired) electrons. The van der Waals surface area contributed by atoms with Gasteiger partial charge in [-0.3, -0.25) is 4.79 Å². The lowest BCUT2D eigenvalue weighted by molar-refractivity contribution is 0.0512. The molecular formula is C10H12Cl2O2S. The fraction of sp³-hybridized carbons (Fsp3) is 0.500. The Hall–Kier alpha value is -0.0900. The molecule has 0 spiro atoms. The third-order valence-corrected chi connectivity index (χ3v) is 3.52. The molecule has 0 N–H and O–H groups in total. The highest BCUT2D eigenvalue weighted by molar-refractivity contribution is 7.20. The van der Waals surface area contributed by atoms with Crippen LogP contribution in [0.15, 0.2) is 6.07 Å². The minimum atomic E-state index is -0.122. The van der Waals surface area contributed by atoms with Crippen molar-refractivity contribution in [2.24, 2.45) is 0 Å². The zero-order chi connectivity index (χ0) is 11.4. The Labute approximate surface area is 103 Å². The summed E-state index contributed by atoms with van der Waals surface area (Å²) in [5, 5.41) is 0. The van der Waals surface area contributed by atoms with Crippen LogP contribution in [-0.2, 0) is 4.74 Å². The molecule has 0 saturated carbocycles. The first-order valence-electron chi connectivity index (χ1n) is 4.64. The van der Waals surface area contributed by atoms with Crippen LogP contribution >= 0.6 is 34.5 Å². The van der Waals surface area contributed by atoms with Gasteiger partial charge in [0.15, 0.2) is 5.78 Å². The van der Waals surface area contributed by atoms with Gasteiger partial charge in [-0.05, 0) is 19.4 Å². The molecule has 15 heavy (non-hydrogen) atoms. The van der Waals surface area contributed by atoms with Gasteiger partial charge in [-0.1, -0.05) is 30.1 Å². The fourth-order valence-electron chi connectivity index (χ4n) is 0.944. The minimum Gasteiger partial charge on any atom is -0.370 e. The van der Waals surface area contributed by atoms with Gasteiger partial charge in [-0.2, -0.15) is 0 Å². The molecule has 0 aliphatic carbocycles. The first kappa shape index (κ1) is 13.0. The maximum Gasteiger partial charge on any atom is 0.190 e. The van der Waals surface area contributed by atoms with E-state index in [0.29, 0.717) is 14.2 Å². The molecular weight excluding hydrogens is 255 g/mol. The Kier molecular flexibility index (Phi) is 5.06. The highest BCUT2D eigenvalue weighted by Crippen LogP contribution is 2.31. The summed E-state index contributed by atoms with van der Waals surface area (Å²) in [5.41, 5.74) is 0.454. The zero-order valence-electron chi connectivity index (χ0n) is 8.55. The number of hydrogen-bond donors (Lipinski definition) is 0. The van der Waals surface area contributed by atoms with Crippen molar-refractivity contribution in [2.75, 3.05) is 6.61 Å². The van der Waals surface area contributed by atoms with Crippen LogP contribution in [-0.4, -0.2) is 18.5 Å². The average Bonchev–Trinajstić information content (AvgIpc) is 2.53. The van der Waals surface area contributed by atoms with Gasteiger partial charge in [0.1, 0.15) is 10.9 Å². The summed E-state index contributed by atoms with van der Waals surface area (Å²) >= 11 is 12.8. The number of thiophene rings is 1. The number of Topliss-reactive ketones (excluding diaryl/α,β-unsaturated/α-hetero) is 1. The normalized spacial score (nSPS) is 12.8. The maximum atomic E-state index is 11.6. The molecule has 0 amide bonds. The average molecular weight is 267 g/mol. The number of ketones is 1. The lowest BCUT2D eigenvalue weighted by atomic mass is 10.2. The van der Waals surface area contributed by atoms with Crippen molar-refractivity contribution in [2.45, 2.75) is 26.4 Å². The molecule has 0 bridgehead atoms. The molecule has 84 valence electrons. The van der Waals surface area contributed by atoms with Crippen LogP contribution in [0.2, 0.25) is 8.67 Å². The predicted octanol–water partition coefficient (Wildman–Crippen LogP) is 4.05. The predicted molar refractivity (Wildman–Crippen MR) is 64.4 cm³/mol. The molecule has 5 heteroatoms. The Morgan fingerprint density at radius 3 is 2.73 bits per heavy atom. The SMILES string of the molecule is CCC(C)OCC(=O)c1cc(Cl)sc1Cl. The number of rotatable bonds is 5. The topological polar surface area (TPSA) is 26.3 Å². The van der Waals surface area contributed by atoms with Crippen molar-refractivity contribution < 1.29 is 9.53 Å². The highest BCUT2D eigenvalue weighted by Gasteiger charge is 2.15. The molecule has 0 aliphatic rings. The highest BCUT2D eigenvalue weighted by atomic mass is 35.5. The van der Waals surface area contributed by atoms with Gasteiger partial charge in [0.25, 0.3) is 0 Å². The van der Waals surface area contributed by atoms with Crippen LogP contribution in [0.1, 0.15) is 30.6 Å². The lowest BCUT2D eigenvalue weighted by Crippen LogP contribution is -2.14. The molecule has 1 aromatic rings. The van der Waals surface area contributed by atoms with E-state index in [-0.39, 0.29) is 18.5 Å². The van der Waals surface area contributed by atoms with Crippen molar-refractivity contribution in [1.82, 2.24) is 0 Å². The molecule has 1 rings (SSSR count). The molecule has 1 unspecified atom stereocenters. The van der Waals surface area contributed by atoms with Gasteiger partial charge in [-0.15, -0.1) is 11.3 Å². The van der Waals surface area contributed by atoms with Gasteiger partial charge < -0.3 is 4.74 Å². The zero-order valence-corrected chi connectivity index (χ0v) is 10.9. The van der Waals surface area contributed by atoms with Gasteiger partial charge in [0, 0.05) is 0 Å². The van der Waals surface area contributed by atoms with Crippen molar-refractivity contribution in [3.05, 3.63) is 20.3 Å². The van der Waals surface area contributed by atoms with Gasteiger partial charge in [0.05, 0.1) is 16.0 Å². The van der Waals surface area contributed by atoms with E-state index in [2.05, 4.69) is 0 Å². The number of hydrogen-bond acceptors (Lipinski definition) is 3. The molecule has 1 heterocycles. The summed E-state index contributed by atoms with van der Waals surface area (Å²) in [4.78, 5) is 11.6. The largest absolute Gasteiger partial charge is 0.370 e. The molecule has 1 atom stereocenters. The molecule has 2 nitrogen and oxygen atoms in total. The quantitative estimate of drug-likeness (QED) is 0.752. The molecule has 0 aliphatic heterocycles. The van der Waals surface area contributed by atoms with E-state index in [4.69, 9.17) is 27.9 Å². The third kappa shape index (κ3) is 3.76. The summed E-state index contributed by atoms with van der Waals surface area (Å²) in [5.74, 6) is -0.122. The van der Waals surface area contributed by atoms with E-state index in [1.165, 1.54) is 11.3 Å². The Morgan fingerprint density at radius 2 is 2.27 bits per heavy atom. The molecule has 0 aromatic carbocycles. The Morgan fingerprint density at radius 1 is 1.60 bits per heavy atom. The summed E-state index contributed by atoms with van der Waals surface area (Å²) in [6, 6.07) is 1.58. The van der Waals surface area contributed by atoms with Crippen molar-refractivity contribution >= 4 is 40.3 Å². The first-order valence-corrected chi connectivity index (χ1v) is 6.21. The van der Waals surface area contributed by atoms with E-state index >= 15 is 0 Å². The van der Waals surface area contributed by atoms with E-state index in [0.717, 1.165) is 6.42 Å². The van der Waals surface area contributed by atoms with Crippen LogP contribution < -0.4 is 0 Å². The summed E-state index contributed by atoms with van der Waals surface area (Å²) in [6.07, 6.45) is 0.965. The second-order valence-electron chi connectivity index (χ2n) is 3.19. The van der Waals surface area contributed by atoms with Crippen LogP contribution in [0.25, 0.3) is 0 Å². The number of halogens is 2. The summed E-state index contributed by atoms with van der Waals surface area (Å²) in [6.45, 7) is 3.99. The van der Waals surface area contributed by atoms with Gasteiger partial charge in [0.2, 0.25) is 0 Å².